The Morgan fingerprint density at radius 2 is 1.61 bits per heavy atom. The lowest BCUT2D eigenvalue weighted by molar-refractivity contribution is 0.123. The van der Waals surface area contributed by atoms with Gasteiger partial charge in [-0.15, -0.1) is 0 Å². The van der Waals surface area contributed by atoms with Crippen molar-refractivity contribution in [1.29, 1.82) is 0 Å². The highest BCUT2D eigenvalue weighted by Gasteiger charge is 2.36. The van der Waals surface area contributed by atoms with Gasteiger partial charge < -0.3 is 24.3 Å². The second kappa shape index (κ2) is 7.37. The number of hydrogen-bond donors (Lipinski definition) is 2. The smallest absolute Gasteiger partial charge is 0.399 e. The summed E-state index contributed by atoms with van der Waals surface area (Å²) < 4.78 is 16.1. The van der Waals surface area contributed by atoms with Crippen LogP contribution in [0.25, 0.3) is 0 Å². The second-order valence-corrected chi connectivity index (χ2v) is 7.04. The van der Waals surface area contributed by atoms with Gasteiger partial charge in [-0.2, -0.15) is 0 Å². The van der Waals surface area contributed by atoms with Crippen molar-refractivity contribution < 1.29 is 13.3 Å². The summed E-state index contributed by atoms with van der Waals surface area (Å²) in [5.74, 6) is 0. The van der Waals surface area contributed by atoms with Crippen molar-refractivity contribution in [3.05, 3.63) is 24.3 Å². The molecule has 6 heteroatoms. The van der Waals surface area contributed by atoms with Crippen molar-refractivity contribution in [2.24, 2.45) is 0 Å². The fourth-order valence-electron chi connectivity index (χ4n) is 1.69. The summed E-state index contributed by atoms with van der Waals surface area (Å²) in [6, 6.07) is 8.46. The van der Waals surface area contributed by atoms with Crippen molar-refractivity contribution in [3.8, 4) is 0 Å². The highest BCUT2D eigenvalue weighted by atomic mass is 28.4. The first-order valence-corrected chi connectivity index (χ1v) is 7.84. The predicted octanol–water partition coefficient (Wildman–Crippen LogP) is 1.95. The van der Waals surface area contributed by atoms with Gasteiger partial charge in [-0.05, 0) is 30.7 Å². The number of nitrogens with one attached hydrogen (secondary N) is 1. The number of hydrogen-bond acceptors (Lipinski definition) is 5. The van der Waals surface area contributed by atoms with Crippen LogP contribution in [0.4, 0.5) is 11.4 Å². The van der Waals surface area contributed by atoms with E-state index in [-0.39, 0.29) is 0 Å². The van der Waals surface area contributed by atoms with Crippen molar-refractivity contribution in [2.45, 2.75) is 12.5 Å². The quantitative estimate of drug-likeness (QED) is 0.429. The van der Waals surface area contributed by atoms with Gasteiger partial charge in [-0.3, -0.25) is 0 Å². The number of nitrogen functional groups attached to an aromatic ring is 1. The van der Waals surface area contributed by atoms with Crippen LogP contribution < -0.4 is 11.1 Å². The third-order valence-electron chi connectivity index (χ3n) is 2.83. The third-order valence-corrected chi connectivity index (χ3v) is 5.66. The Hall–Kier alpha value is -1.08. The molecule has 0 aliphatic rings. The molecule has 1 rings (SSSR count). The Morgan fingerprint density at radius 3 is 2.11 bits per heavy atom. The van der Waals surface area contributed by atoms with Crippen LogP contribution in [0.1, 0.15) is 6.42 Å². The van der Waals surface area contributed by atoms with Gasteiger partial charge in [0.25, 0.3) is 0 Å². The molecule has 0 aliphatic heterocycles. The molecule has 0 spiro atoms. The minimum absolute atomic E-state index is 0.769. The van der Waals surface area contributed by atoms with E-state index in [1.54, 1.807) is 21.3 Å². The van der Waals surface area contributed by atoms with Crippen LogP contribution in [0.2, 0.25) is 6.04 Å². The highest BCUT2D eigenvalue weighted by molar-refractivity contribution is 6.60. The van der Waals surface area contributed by atoms with Crippen molar-refractivity contribution in [1.82, 2.24) is 0 Å². The molecule has 0 radical (unpaired) electrons. The van der Waals surface area contributed by atoms with Gasteiger partial charge in [0, 0.05) is 45.3 Å². The number of nitrogens with two attached hydrogens (primary N) is 1. The number of rotatable bonds is 8. The maximum absolute atomic E-state index is 5.62. The lowest BCUT2D eigenvalue weighted by atomic mass is 10.3. The molecule has 0 aliphatic carbocycles. The third kappa shape index (κ3) is 4.30. The molecule has 0 aromatic heterocycles. The van der Waals surface area contributed by atoms with Gasteiger partial charge in [0.1, 0.15) is 0 Å². The summed E-state index contributed by atoms with van der Waals surface area (Å²) in [5.41, 5.74) is 7.45. The summed E-state index contributed by atoms with van der Waals surface area (Å²) in [5, 5.41) is 3.32. The molecule has 1 aromatic rings. The van der Waals surface area contributed by atoms with Crippen LogP contribution in [0, 0.1) is 0 Å². The molecule has 0 amide bonds. The van der Waals surface area contributed by atoms with Crippen LogP contribution in [-0.2, 0) is 13.3 Å². The van der Waals surface area contributed by atoms with E-state index in [2.05, 4.69) is 5.32 Å². The molecular formula is C12H22N2O3Si. The Kier molecular flexibility index (Phi) is 6.13. The van der Waals surface area contributed by atoms with Crippen molar-refractivity contribution >= 4 is 20.2 Å². The van der Waals surface area contributed by atoms with Gasteiger partial charge in [0.05, 0.1) is 0 Å². The maximum Gasteiger partial charge on any atom is 0.500 e. The molecule has 0 heterocycles. The molecule has 0 atom stereocenters. The topological polar surface area (TPSA) is 65.7 Å². The van der Waals surface area contributed by atoms with Gasteiger partial charge in [0.15, 0.2) is 0 Å². The lowest BCUT2D eigenvalue weighted by Gasteiger charge is -2.24. The van der Waals surface area contributed by atoms with Crippen LogP contribution in [0.15, 0.2) is 24.3 Å². The monoisotopic (exact) mass is 270 g/mol. The molecule has 0 saturated carbocycles. The highest BCUT2D eigenvalue weighted by Crippen LogP contribution is 2.16. The number of benzene rings is 1. The molecule has 18 heavy (non-hydrogen) atoms. The van der Waals surface area contributed by atoms with Gasteiger partial charge >= 0.3 is 8.80 Å². The zero-order valence-electron chi connectivity index (χ0n) is 11.2. The molecule has 102 valence electrons. The lowest BCUT2D eigenvalue weighted by Crippen LogP contribution is -2.42. The van der Waals surface area contributed by atoms with E-state index in [9.17, 15) is 0 Å². The van der Waals surface area contributed by atoms with Crippen LogP contribution in [0.3, 0.4) is 0 Å². The van der Waals surface area contributed by atoms with Crippen molar-refractivity contribution in [2.75, 3.05) is 38.9 Å². The summed E-state index contributed by atoms with van der Waals surface area (Å²) in [7, 11) is 2.47. The largest absolute Gasteiger partial charge is 0.500 e. The molecule has 3 N–H and O–H groups in total. The molecular weight excluding hydrogens is 248 g/mol. The first-order valence-electron chi connectivity index (χ1n) is 5.90. The van der Waals surface area contributed by atoms with Crippen LogP contribution in [-0.4, -0.2) is 36.7 Å². The maximum atomic E-state index is 5.62. The molecule has 0 fully saturated rings. The Bertz CT molecular complexity index is 333. The van der Waals surface area contributed by atoms with Gasteiger partial charge in [-0.1, -0.05) is 0 Å². The fraction of sp³-hybridized carbons (Fsp3) is 0.500. The Balaban J connectivity index is 2.31. The standard InChI is InChI=1S/C12H22N2O3Si/c1-15-18(16-2,17-3)10-4-9-14-12-7-5-11(13)6-8-12/h5-8,14H,4,9-10,13H2,1-3H3. The van der Waals surface area contributed by atoms with E-state index in [4.69, 9.17) is 19.0 Å². The molecule has 1 aromatic carbocycles. The first-order chi connectivity index (χ1) is 8.65. The molecule has 0 saturated heterocycles. The average Bonchev–Trinajstić information content (AvgIpc) is 2.42. The van der Waals surface area contributed by atoms with Crippen LogP contribution in [0.5, 0.6) is 0 Å². The summed E-state index contributed by atoms with van der Waals surface area (Å²) >= 11 is 0. The average molecular weight is 270 g/mol. The Labute approximate surface area is 110 Å². The van der Waals surface area contributed by atoms with E-state index in [1.165, 1.54) is 0 Å². The predicted molar refractivity (Wildman–Crippen MR) is 75.5 cm³/mol. The first kappa shape index (κ1) is 15.0. The summed E-state index contributed by atoms with van der Waals surface area (Å²) in [4.78, 5) is 0. The normalized spacial score (nSPS) is 11.5. The van der Waals surface area contributed by atoms with Gasteiger partial charge in [-0.25, -0.2) is 0 Å². The summed E-state index contributed by atoms with van der Waals surface area (Å²) in [6.07, 6.45) is 0.923. The second-order valence-electron chi connectivity index (χ2n) is 3.95. The van der Waals surface area contributed by atoms with E-state index < -0.39 is 8.80 Å². The molecule has 0 bridgehead atoms. The van der Waals surface area contributed by atoms with Crippen molar-refractivity contribution in [3.63, 3.8) is 0 Å². The minimum Gasteiger partial charge on any atom is -0.399 e. The SMILES string of the molecule is CO[Si](CCCNc1ccc(N)cc1)(OC)OC. The van der Waals surface area contributed by atoms with Gasteiger partial charge in [0.2, 0.25) is 0 Å². The fourth-order valence-corrected chi connectivity index (χ4v) is 3.42. The van der Waals surface area contributed by atoms with Crippen LogP contribution >= 0.6 is 0 Å². The van der Waals surface area contributed by atoms with E-state index in [1.807, 2.05) is 24.3 Å². The molecule has 5 nitrogen and oxygen atoms in total. The summed E-state index contributed by atoms with van der Waals surface area (Å²) in [6.45, 7) is 0.842. The van der Waals surface area contributed by atoms with E-state index in [0.29, 0.717) is 0 Å². The zero-order valence-corrected chi connectivity index (χ0v) is 12.2. The van der Waals surface area contributed by atoms with E-state index >= 15 is 0 Å². The molecule has 0 unspecified atom stereocenters. The van der Waals surface area contributed by atoms with E-state index in [0.717, 1.165) is 30.4 Å². The zero-order chi connectivity index (χ0) is 13.4. The number of anilines is 2. The Morgan fingerprint density at radius 1 is 1.06 bits per heavy atom. The minimum atomic E-state index is -2.42.